The number of nitrogens with zero attached hydrogens (tertiary/aromatic N) is 1. The van der Waals surface area contributed by atoms with Gasteiger partial charge in [-0.05, 0) is 29.8 Å². The van der Waals surface area contributed by atoms with E-state index in [1.165, 1.54) is 7.05 Å². The SMILES string of the molecule is CN([C@@H](C(=O)Nc1ccc(Br)cc1)c1ccccc1)S(C)(=O)=O. The molecule has 0 bridgehead atoms. The second-order valence-corrected chi connectivity index (χ2v) is 8.05. The standard InChI is InChI=1S/C16H17BrN2O3S/c1-19(23(2,21)22)15(12-6-4-3-5-7-12)16(20)18-14-10-8-13(17)9-11-14/h3-11,15H,1-2H3,(H,18,20)/t15-/m1/s1. The summed E-state index contributed by atoms with van der Waals surface area (Å²) in [5, 5.41) is 2.75. The van der Waals surface area contributed by atoms with Crippen molar-refractivity contribution in [2.75, 3.05) is 18.6 Å². The van der Waals surface area contributed by atoms with Crippen LogP contribution in [0.2, 0.25) is 0 Å². The van der Waals surface area contributed by atoms with Gasteiger partial charge in [-0.3, -0.25) is 4.79 Å². The highest BCUT2D eigenvalue weighted by atomic mass is 79.9. The van der Waals surface area contributed by atoms with Gasteiger partial charge >= 0.3 is 0 Å². The third kappa shape index (κ3) is 4.63. The minimum atomic E-state index is -3.53. The van der Waals surface area contributed by atoms with E-state index in [-0.39, 0.29) is 0 Å². The lowest BCUT2D eigenvalue weighted by atomic mass is 10.1. The van der Waals surface area contributed by atoms with Crippen LogP contribution in [-0.2, 0) is 14.8 Å². The van der Waals surface area contributed by atoms with Crippen molar-refractivity contribution in [1.29, 1.82) is 0 Å². The molecule has 0 aromatic heterocycles. The van der Waals surface area contributed by atoms with Gasteiger partial charge in [0, 0.05) is 17.2 Å². The number of sulfonamides is 1. The monoisotopic (exact) mass is 396 g/mol. The highest BCUT2D eigenvalue weighted by Gasteiger charge is 2.30. The van der Waals surface area contributed by atoms with Crippen molar-refractivity contribution in [3.63, 3.8) is 0 Å². The number of amides is 1. The Bertz CT molecular complexity index is 777. The summed E-state index contributed by atoms with van der Waals surface area (Å²) in [6, 6.07) is 15.0. The average molecular weight is 397 g/mol. The molecule has 2 rings (SSSR count). The molecule has 1 atom stereocenters. The van der Waals surface area contributed by atoms with Crippen molar-refractivity contribution < 1.29 is 13.2 Å². The van der Waals surface area contributed by atoms with E-state index < -0.39 is 22.0 Å². The van der Waals surface area contributed by atoms with Crippen LogP contribution >= 0.6 is 15.9 Å². The maximum Gasteiger partial charge on any atom is 0.247 e. The van der Waals surface area contributed by atoms with Gasteiger partial charge in [-0.1, -0.05) is 46.3 Å². The number of anilines is 1. The number of likely N-dealkylation sites (N-methyl/N-ethyl adjacent to an activating group) is 1. The number of carbonyl (C=O) groups excluding carboxylic acids is 1. The van der Waals surface area contributed by atoms with Crippen molar-refractivity contribution >= 4 is 37.5 Å². The van der Waals surface area contributed by atoms with Crippen LogP contribution in [0.5, 0.6) is 0 Å². The Kier molecular flexibility index (Phi) is 5.56. The number of carbonyl (C=O) groups is 1. The van der Waals surface area contributed by atoms with Crippen molar-refractivity contribution in [2.45, 2.75) is 6.04 Å². The molecule has 1 N–H and O–H groups in total. The molecule has 0 unspecified atom stereocenters. The molecular formula is C16H17BrN2O3S. The van der Waals surface area contributed by atoms with E-state index in [0.29, 0.717) is 11.3 Å². The highest BCUT2D eigenvalue weighted by molar-refractivity contribution is 9.10. The Balaban J connectivity index is 2.33. The number of hydrogen-bond acceptors (Lipinski definition) is 3. The lowest BCUT2D eigenvalue weighted by Crippen LogP contribution is -2.38. The van der Waals surface area contributed by atoms with E-state index in [9.17, 15) is 13.2 Å². The van der Waals surface area contributed by atoms with Crippen molar-refractivity contribution in [3.05, 3.63) is 64.6 Å². The minimum absolute atomic E-state index is 0.411. The maximum atomic E-state index is 12.7. The summed E-state index contributed by atoms with van der Waals surface area (Å²) in [5.74, 6) is -0.411. The van der Waals surface area contributed by atoms with E-state index in [1.807, 2.05) is 6.07 Å². The largest absolute Gasteiger partial charge is 0.324 e. The van der Waals surface area contributed by atoms with Crippen LogP contribution in [-0.4, -0.2) is 31.9 Å². The van der Waals surface area contributed by atoms with Crippen LogP contribution in [0.25, 0.3) is 0 Å². The lowest BCUT2D eigenvalue weighted by Gasteiger charge is -2.25. The molecule has 5 nitrogen and oxygen atoms in total. The molecular weight excluding hydrogens is 380 g/mol. The number of halogens is 1. The third-order valence-corrected chi connectivity index (χ3v) is 5.15. The smallest absolute Gasteiger partial charge is 0.247 e. The molecule has 0 aliphatic carbocycles. The Morgan fingerprint density at radius 3 is 2.17 bits per heavy atom. The van der Waals surface area contributed by atoms with Crippen LogP contribution < -0.4 is 5.32 Å². The molecule has 122 valence electrons. The molecule has 7 heteroatoms. The van der Waals surface area contributed by atoms with Gasteiger partial charge in [0.25, 0.3) is 0 Å². The van der Waals surface area contributed by atoms with Gasteiger partial charge < -0.3 is 5.32 Å². The molecule has 2 aromatic rings. The summed E-state index contributed by atoms with van der Waals surface area (Å²) >= 11 is 3.33. The van der Waals surface area contributed by atoms with E-state index >= 15 is 0 Å². The molecule has 0 heterocycles. The first-order valence-electron chi connectivity index (χ1n) is 6.83. The van der Waals surface area contributed by atoms with Crippen LogP contribution in [0.1, 0.15) is 11.6 Å². The molecule has 2 aromatic carbocycles. The summed E-state index contributed by atoms with van der Waals surface area (Å²) in [6.45, 7) is 0. The topological polar surface area (TPSA) is 66.5 Å². The zero-order valence-electron chi connectivity index (χ0n) is 12.7. The second kappa shape index (κ2) is 7.25. The molecule has 0 aliphatic rings. The van der Waals surface area contributed by atoms with Crippen LogP contribution in [0.3, 0.4) is 0 Å². The minimum Gasteiger partial charge on any atom is -0.324 e. The van der Waals surface area contributed by atoms with Crippen molar-refractivity contribution in [1.82, 2.24) is 4.31 Å². The first kappa shape index (κ1) is 17.7. The Morgan fingerprint density at radius 1 is 1.09 bits per heavy atom. The summed E-state index contributed by atoms with van der Waals surface area (Å²) in [5.41, 5.74) is 1.20. The predicted molar refractivity (Wildman–Crippen MR) is 94.6 cm³/mol. The quantitative estimate of drug-likeness (QED) is 0.844. The third-order valence-electron chi connectivity index (χ3n) is 3.36. The molecule has 23 heavy (non-hydrogen) atoms. The van der Waals surface area contributed by atoms with Gasteiger partial charge in [0.1, 0.15) is 6.04 Å². The van der Waals surface area contributed by atoms with E-state index in [4.69, 9.17) is 0 Å². The Morgan fingerprint density at radius 2 is 1.65 bits per heavy atom. The summed E-state index contributed by atoms with van der Waals surface area (Å²) in [4.78, 5) is 12.7. The molecule has 0 spiro atoms. The van der Waals surface area contributed by atoms with Gasteiger partial charge in [0.15, 0.2) is 0 Å². The zero-order valence-corrected chi connectivity index (χ0v) is 15.1. The molecule has 0 aliphatic heterocycles. The Hall–Kier alpha value is -1.70. The van der Waals surface area contributed by atoms with Gasteiger partial charge in [-0.2, -0.15) is 4.31 Å². The van der Waals surface area contributed by atoms with Crippen molar-refractivity contribution in [2.24, 2.45) is 0 Å². The fraction of sp³-hybridized carbons (Fsp3) is 0.188. The molecule has 0 saturated heterocycles. The molecule has 1 amide bonds. The number of benzene rings is 2. The average Bonchev–Trinajstić information content (AvgIpc) is 2.50. The number of hydrogen-bond donors (Lipinski definition) is 1. The maximum absolute atomic E-state index is 12.7. The van der Waals surface area contributed by atoms with Crippen LogP contribution in [0.4, 0.5) is 5.69 Å². The Labute approximate surface area is 144 Å². The van der Waals surface area contributed by atoms with E-state index in [0.717, 1.165) is 15.0 Å². The van der Waals surface area contributed by atoms with Crippen molar-refractivity contribution in [3.8, 4) is 0 Å². The highest BCUT2D eigenvalue weighted by Crippen LogP contribution is 2.24. The first-order valence-corrected chi connectivity index (χ1v) is 9.47. The van der Waals surface area contributed by atoms with Crippen LogP contribution in [0, 0.1) is 0 Å². The number of nitrogens with one attached hydrogen (secondary N) is 1. The van der Waals surface area contributed by atoms with Gasteiger partial charge in [0.2, 0.25) is 15.9 Å². The van der Waals surface area contributed by atoms with E-state index in [2.05, 4.69) is 21.2 Å². The fourth-order valence-corrected chi connectivity index (χ4v) is 2.96. The van der Waals surface area contributed by atoms with Gasteiger partial charge in [-0.15, -0.1) is 0 Å². The first-order chi connectivity index (χ1) is 10.8. The summed E-state index contributed by atoms with van der Waals surface area (Å²) in [6.07, 6.45) is 1.08. The van der Waals surface area contributed by atoms with E-state index in [1.54, 1.807) is 48.5 Å². The lowest BCUT2D eigenvalue weighted by molar-refractivity contribution is -0.119. The predicted octanol–water partition coefficient (Wildman–Crippen LogP) is 3.02. The van der Waals surface area contributed by atoms with Gasteiger partial charge in [-0.25, -0.2) is 8.42 Å². The van der Waals surface area contributed by atoms with Crippen LogP contribution in [0.15, 0.2) is 59.1 Å². The summed E-state index contributed by atoms with van der Waals surface area (Å²) < 4.78 is 25.7. The fourth-order valence-electron chi connectivity index (χ4n) is 2.10. The molecule has 0 saturated carbocycles. The van der Waals surface area contributed by atoms with Gasteiger partial charge in [0.05, 0.1) is 6.26 Å². The number of rotatable bonds is 5. The second-order valence-electron chi connectivity index (χ2n) is 5.09. The normalized spacial score (nSPS) is 12.9. The zero-order chi connectivity index (χ0) is 17.0. The summed E-state index contributed by atoms with van der Waals surface area (Å²) in [7, 11) is -2.13. The molecule has 0 radical (unpaired) electrons. The molecule has 0 fully saturated rings.